The van der Waals surface area contributed by atoms with E-state index in [-0.39, 0.29) is 5.91 Å². The molecule has 5 heterocycles. The Kier molecular flexibility index (Phi) is 7.13. The third-order valence-corrected chi connectivity index (χ3v) is 9.09. The van der Waals surface area contributed by atoms with Crippen LogP contribution in [0.15, 0.2) is 67.1 Å². The van der Waals surface area contributed by atoms with Crippen molar-refractivity contribution in [3.8, 4) is 0 Å². The molecule has 3 N–H and O–H groups in total. The van der Waals surface area contributed by atoms with E-state index >= 15 is 0 Å². The molecular formula is C32H32N8OS. The smallest absolute Gasteiger partial charge is 0.229 e. The first kappa shape index (κ1) is 26.3. The summed E-state index contributed by atoms with van der Waals surface area (Å²) in [5.41, 5.74) is 6.79. The second kappa shape index (κ2) is 11.4. The molecule has 9 nitrogen and oxygen atoms in total. The summed E-state index contributed by atoms with van der Waals surface area (Å²) >= 11 is 1.75. The molecule has 0 spiro atoms. The summed E-state index contributed by atoms with van der Waals surface area (Å²) < 4.78 is 1.22. The first-order valence-corrected chi connectivity index (χ1v) is 15.2. The molecule has 0 aliphatic carbocycles. The van der Waals surface area contributed by atoms with Crippen LogP contribution in [0.5, 0.6) is 0 Å². The van der Waals surface area contributed by atoms with Gasteiger partial charge in [0.05, 0.1) is 22.1 Å². The van der Waals surface area contributed by atoms with Gasteiger partial charge < -0.3 is 20.9 Å². The number of rotatable bonds is 4. The summed E-state index contributed by atoms with van der Waals surface area (Å²) in [5.74, 6) is 1.67. The summed E-state index contributed by atoms with van der Waals surface area (Å²) in [6.07, 6.45) is 9.49. The standard InChI is InChI=1S/C32H32N8OS/c1-20-17-34-31-36-25-14-22(18-33-19-25)6-7-23-16-24(35-30(20)39-31)8-9-26(23)37-29(41)15-21-10-12-40(13-11-21)32-38-27-4-2-3-5-28(27)42-32/h2-5,8-9,14,16-19,21H,6-7,10-13,15H2,1H3,(H,37,41)(H2,34,35,36,39). The number of piperidine rings is 1. The van der Waals surface area contributed by atoms with Gasteiger partial charge in [-0.05, 0) is 86.1 Å². The Morgan fingerprint density at radius 2 is 1.88 bits per heavy atom. The van der Waals surface area contributed by atoms with E-state index in [1.54, 1.807) is 23.7 Å². The highest BCUT2D eigenvalue weighted by Crippen LogP contribution is 2.33. The number of benzene rings is 2. The van der Waals surface area contributed by atoms with Crippen LogP contribution in [0, 0.1) is 12.8 Å². The van der Waals surface area contributed by atoms with E-state index in [1.807, 2.05) is 31.3 Å². The Labute approximate surface area is 248 Å². The van der Waals surface area contributed by atoms with E-state index in [4.69, 9.17) is 4.98 Å². The molecule has 1 fully saturated rings. The molecule has 1 saturated heterocycles. The molecule has 5 aromatic rings. The molecule has 0 saturated carbocycles. The molecule has 0 atom stereocenters. The predicted octanol–water partition coefficient (Wildman–Crippen LogP) is 6.62. The number of hydrogen-bond acceptors (Lipinski definition) is 9. The van der Waals surface area contributed by atoms with Gasteiger partial charge in [-0.2, -0.15) is 4.98 Å². The lowest BCUT2D eigenvalue weighted by Gasteiger charge is -2.31. The molecular weight excluding hydrogens is 544 g/mol. The Morgan fingerprint density at radius 1 is 1.00 bits per heavy atom. The van der Waals surface area contributed by atoms with Gasteiger partial charge in [0.25, 0.3) is 0 Å². The summed E-state index contributed by atoms with van der Waals surface area (Å²) in [4.78, 5) is 34.0. The van der Waals surface area contributed by atoms with Crippen LogP contribution in [0.3, 0.4) is 0 Å². The van der Waals surface area contributed by atoms with Gasteiger partial charge in [0.2, 0.25) is 11.9 Å². The molecule has 42 heavy (non-hydrogen) atoms. The highest BCUT2D eigenvalue weighted by molar-refractivity contribution is 7.22. The van der Waals surface area contributed by atoms with E-state index in [2.05, 4.69) is 66.1 Å². The molecule has 0 unspecified atom stereocenters. The van der Waals surface area contributed by atoms with E-state index in [0.29, 0.717) is 18.3 Å². The van der Waals surface area contributed by atoms with Crippen LogP contribution in [-0.4, -0.2) is 38.9 Å². The number of amides is 1. The minimum Gasteiger partial charge on any atom is -0.348 e. The predicted molar refractivity (Wildman–Crippen MR) is 169 cm³/mol. The number of carbonyl (C=O) groups excluding carboxylic acids is 1. The molecule has 2 aromatic carbocycles. The summed E-state index contributed by atoms with van der Waals surface area (Å²) in [5, 5.41) is 11.0. The second-order valence-corrected chi connectivity index (χ2v) is 12.1. The molecule has 3 aromatic heterocycles. The number of nitrogens with one attached hydrogen (secondary N) is 3. The van der Waals surface area contributed by atoms with Crippen molar-refractivity contribution in [2.24, 2.45) is 5.92 Å². The zero-order valence-electron chi connectivity index (χ0n) is 23.4. The van der Waals surface area contributed by atoms with Crippen molar-refractivity contribution in [2.75, 3.05) is 33.9 Å². The minimum atomic E-state index is 0.0671. The molecule has 0 radical (unpaired) electrons. The van der Waals surface area contributed by atoms with Crippen molar-refractivity contribution in [2.45, 2.75) is 39.0 Å². The van der Waals surface area contributed by atoms with Crippen molar-refractivity contribution in [1.29, 1.82) is 0 Å². The van der Waals surface area contributed by atoms with Gasteiger partial charge in [-0.15, -0.1) is 0 Å². The zero-order chi connectivity index (χ0) is 28.5. The molecule has 10 heteroatoms. The molecule has 1 amide bonds. The summed E-state index contributed by atoms with van der Waals surface area (Å²) in [6.45, 7) is 3.83. The topological polar surface area (TPSA) is 108 Å². The van der Waals surface area contributed by atoms with Gasteiger partial charge in [-0.25, -0.2) is 9.97 Å². The fourth-order valence-corrected chi connectivity index (χ4v) is 6.67. The van der Waals surface area contributed by atoms with E-state index in [0.717, 1.165) is 89.0 Å². The monoisotopic (exact) mass is 576 g/mol. The van der Waals surface area contributed by atoms with Crippen molar-refractivity contribution in [3.05, 3.63) is 83.8 Å². The third-order valence-electron chi connectivity index (χ3n) is 7.99. The number of aryl methyl sites for hydroxylation is 3. The van der Waals surface area contributed by atoms with Crippen LogP contribution < -0.4 is 20.9 Å². The van der Waals surface area contributed by atoms with Crippen LogP contribution >= 0.6 is 11.3 Å². The Bertz CT molecular complexity index is 1730. The number of nitrogens with zero attached hydrogens (tertiary/aromatic N) is 5. The van der Waals surface area contributed by atoms with Crippen LogP contribution in [0.25, 0.3) is 10.2 Å². The lowest BCUT2D eigenvalue weighted by atomic mass is 9.93. The van der Waals surface area contributed by atoms with Crippen molar-refractivity contribution < 1.29 is 4.79 Å². The van der Waals surface area contributed by atoms with Crippen LogP contribution in [-0.2, 0) is 17.6 Å². The number of aromatic nitrogens is 4. The molecule has 2 aliphatic heterocycles. The normalized spacial score (nSPS) is 15.1. The Balaban J connectivity index is 1.04. The number of fused-ring (bicyclic) bond motifs is 7. The number of thiazole rings is 1. The van der Waals surface area contributed by atoms with Crippen molar-refractivity contribution >= 4 is 61.4 Å². The average Bonchev–Trinajstić information content (AvgIpc) is 3.44. The van der Waals surface area contributed by atoms with Gasteiger partial charge in [0.15, 0.2) is 5.13 Å². The number of hydrogen-bond donors (Lipinski definition) is 3. The quantitative estimate of drug-likeness (QED) is 0.219. The van der Waals surface area contributed by atoms with E-state index < -0.39 is 0 Å². The lowest BCUT2D eigenvalue weighted by Crippen LogP contribution is -2.34. The van der Waals surface area contributed by atoms with Crippen LogP contribution in [0.4, 0.5) is 34.0 Å². The third kappa shape index (κ3) is 5.75. The number of anilines is 6. The minimum absolute atomic E-state index is 0.0671. The number of carbonyl (C=O) groups is 1. The zero-order valence-corrected chi connectivity index (χ0v) is 24.2. The Hall–Kier alpha value is -4.57. The highest BCUT2D eigenvalue weighted by atomic mass is 32.1. The van der Waals surface area contributed by atoms with Gasteiger partial charge >= 0.3 is 0 Å². The fourth-order valence-electron chi connectivity index (χ4n) is 5.65. The van der Waals surface area contributed by atoms with Gasteiger partial charge in [-0.1, -0.05) is 23.5 Å². The summed E-state index contributed by atoms with van der Waals surface area (Å²) in [7, 11) is 0. The lowest BCUT2D eigenvalue weighted by molar-refractivity contribution is -0.117. The maximum absolute atomic E-state index is 13.3. The van der Waals surface area contributed by atoms with Crippen molar-refractivity contribution in [1.82, 2.24) is 19.9 Å². The molecule has 7 rings (SSSR count). The first-order valence-electron chi connectivity index (χ1n) is 14.4. The van der Waals surface area contributed by atoms with E-state index in [1.165, 1.54) is 4.70 Å². The molecule has 2 aliphatic rings. The number of pyridine rings is 1. The maximum atomic E-state index is 13.3. The SMILES string of the molecule is Cc1cnc2nc1Nc1ccc(NC(=O)CC3CCN(c4nc5ccccc5s4)CC3)c(c1)CCc1cncc(c1)N2. The van der Waals surface area contributed by atoms with Crippen molar-refractivity contribution in [3.63, 3.8) is 0 Å². The van der Waals surface area contributed by atoms with Crippen LogP contribution in [0.2, 0.25) is 0 Å². The van der Waals surface area contributed by atoms with Crippen LogP contribution in [0.1, 0.15) is 36.0 Å². The molecule has 6 bridgehead atoms. The van der Waals surface area contributed by atoms with Gasteiger partial charge in [-0.3, -0.25) is 9.78 Å². The summed E-state index contributed by atoms with van der Waals surface area (Å²) in [6, 6.07) is 16.4. The fraction of sp³-hybridized carbons (Fsp3) is 0.281. The molecule has 212 valence electrons. The van der Waals surface area contributed by atoms with E-state index in [9.17, 15) is 4.79 Å². The first-order chi connectivity index (χ1) is 20.6. The second-order valence-electron chi connectivity index (χ2n) is 11.1. The van der Waals surface area contributed by atoms with Gasteiger partial charge in [0, 0.05) is 48.8 Å². The average molecular weight is 577 g/mol. The number of para-hydroxylation sites is 1. The maximum Gasteiger partial charge on any atom is 0.229 e. The Morgan fingerprint density at radius 3 is 2.76 bits per heavy atom. The highest BCUT2D eigenvalue weighted by Gasteiger charge is 2.24. The largest absolute Gasteiger partial charge is 0.348 e. The van der Waals surface area contributed by atoms with Gasteiger partial charge in [0.1, 0.15) is 5.82 Å².